The van der Waals surface area contributed by atoms with Crippen LogP contribution in [0.4, 0.5) is 4.79 Å². The number of hydrogen-bond donors (Lipinski definition) is 3. The third-order valence-electron chi connectivity index (χ3n) is 5.36. The molecule has 1 saturated heterocycles. The summed E-state index contributed by atoms with van der Waals surface area (Å²) in [6.45, 7) is 3.86. The molecule has 1 saturated carbocycles. The molecule has 0 spiro atoms. The Morgan fingerprint density at radius 2 is 2.04 bits per heavy atom. The molecule has 0 aromatic heterocycles. The second kappa shape index (κ2) is 8.49. The van der Waals surface area contributed by atoms with Crippen molar-refractivity contribution in [3.8, 4) is 0 Å². The van der Waals surface area contributed by atoms with Crippen LogP contribution >= 0.6 is 0 Å². The summed E-state index contributed by atoms with van der Waals surface area (Å²) in [5.74, 6) is 1.26. The predicted octanol–water partition coefficient (Wildman–Crippen LogP) is 1.97. The number of carbonyl (C=O) groups excluding carboxylic acids is 1. The minimum atomic E-state index is -0.0874. The minimum Gasteiger partial charge on any atom is -0.396 e. The monoisotopic (exact) mass is 331 g/mol. The summed E-state index contributed by atoms with van der Waals surface area (Å²) in [5, 5.41) is 14.8. The van der Waals surface area contributed by atoms with Gasteiger partial charge in [0.2, 0.25) is 0 Å². The highest BCUT2D eigenvalue weighted by molar-refractivity contribution is 5.74. The number of nitrogens with zero attached hydrogens (tertiary/aromatic N) is 1. The van der Waals surface area contributed by atoms with E-state index in [2.05, 4.69) is 45.9 Å². The maximum atomic E-state index is 12.0. The maximum Gasteiger partial charge on any atom is 0.315 e. The Morgan fingerprint density at radius 3 is 2.83 bits per heavy atom. The van der Waals surface area contributed by atoms with Gasteiger partial charge in [-0.05, 0) is 36.7 Å². The molecule has 0 unspecified atom stereocenters. The molecule has 3 N–H and O–H groups in total. The molecule has 24 heavy (non-hydrogen) atoms. The Hall–Kier alpha value is -1.59. The zero-order chi connectivity index (χ0) is 16.8. The SMILES string of the molecule is O=C(NCCCO)N[C@@H]1CCC[C@H]2CN(Cc3ccccc3)C[C@H]21. The van der Waals surface area contributed by atoms with Crippen molar-refractivity contribution in [3.63, 3.8) is 0 Å². The predicted molar refractivity (Wildman–Crippen MR) is 94.6 cm³/mol. The van der Waals surface area contributed by atoms with Crippen LogP contribution in [0.3, 0.4) is 0 Å². The summed E-state index contributed by atoms with van der Waals surface area (Å²) in [6.07, 6.45) is 4.16. The number of aliphatic hydroxyl groups excluding tert-OH is 1. The Morgan fingerprint density at radius 1 is 1.21 bits per heavy atom. The third kappa shape index (κ3) is 4.48. The van der Waals surface area contributed by atoms with Gasteiger partial charge < -0.3 is 15.7 Å². The van der Waals surface area contributed by atoms with Crippen LogP contribution < -0.4 is 10.6 Å². The normalized spacial score (nSPS) is 26.8. The van der Waals surface area contributed by atoms with Gasteiger partial charge in [-0.25, -0.2) is 4.79 Å². The molecule has 1 aliphatic heterocycles. The highest BCUT2D eigenvalue weighted by atomic mass is 16.3. The van der Waals surface area contributed by atoms with E-state index in [1.807, 2.05) is 0 Å². The number of likely N-dealkylation sites (tertiary alicyclic amines) is 1. The van der Waals surface area contributed by atoms with Crippen LogP contribution in [-0.2, 0) is 6.54 Å². The summed E-state index contributed by atoms with van der Waals surface area (Å²) < 4.78 is 0. The Balaban J connectivity index is 1.52. The minimum absolute atomic E-state index is 0.0874. The number of nitrogens with one attached hydrogen (secondary N) is 2. The zero-order valence-electron chi connectivity index (χ0n) is 14.3. The highest BCUT2D eigenvalue weighted by Gasteiger charge is 2.40. The van der Waals surface area contributed by atoms with Crippen LogP contribution in [-0.4, -0.2) is 48.3 Å². The topological polar surface area (TPSA) is 64.6 Å². The quantitative estimate of drug-likeness (QED) is 0.698. The van der Waals surface area contributed by atoms with Gasteiger partial charge in [-0.2, -0.15) is 0 Å². The number of aliphatic hydroxyl groups is 1. The van der Waals surface area contributed by atoms with E-state index >= 15 is 0 Å². The van der Waals surface area contributed by atoms with Crippen LogP contribution in [0.25, 0.3) is 0 Å². The van der Waals surface area contributed by atoms with Gasteiger partial charge in [0.1, 0.15) is 0 Å². The van der Waals surface area contributed by atoms with E-state index in [1.54, 1.807) is 0 Å². The lowest BCUT2D eigenvalue weighted by Gasteiger charge is -2.33. The number of urea groups is 1. The molecular weight excluding hydrogens is 302 g/mol. The van der Waals surface area contributed by atoms with Crippen molar-refractivity contribution in [3.05, 3.63) is 35.9 Å². The molecule has 2 aliphatic rings. The van der Waals surface area contributed by atoms with Crippen molar-refractivity contribution in [2.24, 2.45) is 11.8 Å². The molecule has 1 aromatic carbocycles. The third-order valence-corrected chi connectivity index (χ3v) is 5.36. The van der Waals surface area contributed by atoms with Crippen molar-refractivity contribution < 1.29 is 9.90 Å². The molecular formula is C19H29N3O2. The molecule has 5 nitrogen and oxygen atoms in total. The zero-order valence-corrected chi connectivity index (χ0v) is 14.3. The first-order valence-corrected chi connectivity index (χ1v) is 9.18. The van der Waals surface area contributed by atoms with Gasteiger partial charge in [0.15, 0.2) is 0 Å². The van der Waals surface area contributed by atoms with E-state index in [4.69, 9.17) is 5.11 Å². The summed E-state index contributed by atoms with van der Waals surface area (Å²) in [6, 6.07) is 10.8. The van der Waals surface area contributed by atoms with E-state index < -0.39 is 0 Å². The molecule has 3 atom stereocenters. The van der Waals surface area contributed by atoms with E-state index in [1.165, 1.54) is 18.4 Å². The van der Waals surface area contributed by atoms with Crippen LogP contribution in [0, 0.1) is 11.8 Å². The number of carbonyl (C=O) groups is 1. The van der Waals surface area contributed by atoms with E-state index in [-0.39, 0.29) is 18.7 Å². The Kier molecular flexibility index (Phi) is 6.10. The Labute approximate surface area is 144 Å². The molecule has 1 heterocycles. The van der Waals surface area contributed by atoms with Crippen molar-refractivity contribution >= 4 is 6.03 Å². The van der Waals surface area contributed by atoms with Gasteiger partial charge in [0, 0.05) is 38.8 Å². The molecule has 1 aliphatic carbocycles. The number of hydrogen-bond acceptors (Lipinski definition) is 3. The van der Waals surface area contributed by atoms with Crippen LogP contribution in [0.2, 0.25) is 0 Å². The van der Waals surface area contributed by atoms with Gasteiger partial charge in [0.25, 0.3) is 0 Å². The van der Waals surface area contributed by atoms with Gasteiger partial charge in [-0.15, -0.1) is 0 Å². The average Bonchev–Trinajstić information content (AvgIpc) is 2.99. The first-order valence-electron chi connectivity index (χ1n) is 9.18. The van der Waals surface area contributed by atoms with Crippen LogP contribution in [0.1, 0.15) is 31.2 Å². The maximum absolute atomic E-state index is 12.0. The van der Waals surface area contributed by atoms with Crippen LogP contribution in [0.5, 0.6) is 0 Å². The Bertz CT molecular complexity index is 523. The number of rotatable bonds is 6. The second-order valence-electron chi connectivity index (χ2n) is 7.12. The number of amides is 2. The van der Waals surface area contributed by atoms with Gasteiger partial charge in [-0.1, -0.05) is 36.8 Å². The van der Waals surface area contributed by atoms with E-state index in [0.29, 0.717) is 24.8 Å². The average molecular weight is 331 g/mol. The smallest absolute Gasteiger partial charge is 0.315 e. The summed E-state index contributed by atoms with van der Waals surface area (Å²) in [4.78, 5) is 14.6. The van der Waals surface area contributed by atoms with Crippen molar-refractivity contribution in [1.82, 2.24) is 15.5 Å². The lowest BCUT2D eigenvalue weighted by Crippen LogP contribution is -2.49. The summed E-state index contributed by atoms with van der Waals surface area (Å²) in [7, 11) is 0. The molecule has 3 rings (SSSR count). The molecule has 0 bridgehead atoms. The first kappa shape index (κ1) is 17.2. The van der Waals surface area contributed by atoms with Gasteiger partial charge >= 0.3 is 6.03 Å². The lowest BCUT2D eigenvalue weighted by atomic mass is 9.78. The van der Waals surface area contributed by atoms with Crippen LogP contribution in [0.15, 0.2) is 30.3 Å². The molecule has 2 amide bonds. The fourth-order valence-electron chi connectivity index (χ4n) is 4.21. The fourth-order valence-corrected chi connectivity index (χ4v) is 4.21. The number of fused-ring (bicyclic) bond motifs is 1. The number of benzene rings is 1. The first-order chi connectivity index (χ1) is 11.8. The van der Waals surface area contributed by atoms with Crippen molar-refractivity contribution in [2.75, 3.05) is 26.2 Å². The molecule has 1 aromatic rings. The van der Waals surface area contributed by atoms with Gasteiger partial charge in [-0.3, -0.25) is 4.90 Å². The molecule has 5 heteroatoms. The molecule has 0 radical (unpaired) electrons. The van der Waals surface area contributed by atoms with E-state index in [0.717, 1.165) is 26.1 Å². The molecule has 2 fully saturated rings. The van der Waals surface area contributed by atoms with Crippen molar-refractivity contribution in [1.29, 1.82) is 0 Å². The van der Waals surface area contributed by atoms with Crippen molar-refractivity contribution in [2.45, 2.75) is 38.3 Å². The standard InChI is InChI=1S/C19H29N3O2/c23-11-5-10-20-19(24)21-18-9-4-8-16-13-22(14-17(16)18)12-15-6-2-1-3-7-15/h1-3,6-7,16-18,23H,4-5,8-14H2,(H2,20,21,24)/t16-,17+,18+/m0/s1. The largest absolute Gasteiger partial charge is 0.396 e. The van der Waals surface area contributed by atoms with E-state index in [9.17, 15) is 4.79 Å². The lowest BCUT2D eigenvalue weighted by molar-refractivity contribution is 0.202. The fraction of sp³-hybridized carbons (Fsp3) is 0.632. The van der Waals surface area contributed by atoms with Gasteiger partial charge in [0.05, 0.1) is 0 Å². The summed E-state index contributed by atoms with van der Waals surface area (Å²) >= 11 is 0. The molecule has 132 valence electrons. The highest BCUT2D eigenvalue weighted by Crippen LogP contribution is 2.36. The second-order valence-corrected chi connectivity index (χ2v) is 7.12. The summed E-state index contributed by atoms with van der Waals surface area (Å²) in [5.41, 5.74) is 1.36.